The largest absolute Gasteiger partial charge is 0.396 e. The number of rotatable bonds is 8. The lowest BCUT2D eigenvalue weighted by Crippen LogP contribution is -2.18. The van der Waals surface area contributed by atoms with Crippen LogP contribution in [-0.4, -0.2) is 18.3 Å². The van der Waals surface area contributed by atoms with Crippen LogP contribution in [0.2, 0.25) is 0 Å². The van der Waals surface area contributed by atoms with Crippen LogP contribution in [0.5, 0.6) is 0 Å². The number of benzene rings is 3. The minimum atomic E-state index is 0.207. The zero-order chi connectivity index (χ0) is 18.2. The fourth-order valence-corrected chi connectivity index (χ4v) is 3.31. The summed E-state index contributed by atoms with van der Waals surface area (Å²) in [6.07, 6.45) is 0.756. The highest BCUT2D eigenvalue weighted by Crippen LogP contribution is 2.36. The van der Waals surface area contributed by atoms with Crippen LogP contribution in [-0.2, 0) is 13.1 Å². The Kier molecular flexibility index (Phi) is 6.56. The van der Waals surface area contributed by atoms with Gasteiger partial charge in [-0.15, -0.1) is 0 Å². The molecule has 3 aromatic carbocycles. The Labute approximate surface area is 155 Å². The van der Waals surface area contributed by atoms with Gasteiger partial charge in [0.25, 0.3) is 0 Å². The van der Waals surface area contributed by atoms with E-state index < -0.39 is 0 Å². The highest BCUT2D eigenvalue weighted by Gasteiger charge is 2.15. The number of hydrogen-bond acceptors (Lipinski definition) is 3. The molecule has 26 heavy (non-hydrogen) atoms. The van der Waals surface area contributed by atoms with E-state index in [1.807, 2.05) is 12.1 Å². The van der Waals surface area contributed by atoms with Crippen LogP contribution in [0.1, 0.15) is 17.5 Å². The SMILES string of the molecule is NCc1c(CNCCCO)ccc(-c2ccccc2)c1-c1ccccc1. The molecule has 0 fully saturated rings. The molecule has 4 N–H and O–H groups in total. The molecule has 0 saturated heterocycles. The van der Waals surface area contributed by atoms with Crippen molar-refractivity contribution in [1.82, 2.24) is 5.32 Å². The van der Waals surface area contributed by atoms with Gasteiger partial charge in [0.05, 0.1) is 0 Å². The molecule has 3 heteroatoms. The summed E-state index contributed by atoms with van der Waals surface area (Å²) in [5.41, 5.74) is 13.4. The summed E-state index contributed by atoms with van der Waals surface area (Å²) in [6.45, 7) is 2.24. The van der Waals surface area contributed by atoms with Gasteiger partial charge in [0, 0.05) is 19.7 Å². The second-order valence-corrected chi connectivity index (χ2v) is 6.32. The normalized spacial score (nSPS) is 10.8. The molecule has 0 unspecified atom stereocenters. The van der Waals surface area contributed by atoms with Gasteiger partial charge in [-0.05, 0) is 46.3 Å². The van der Waals surface area contributed by atoms with Crippen LogP contribution < -0.4 is 11.1 Å². The van der Waals surface area contributed by atoms with E-state index in [2.05, 4.69) is 66.0 Å². The zero-order valence-corrected chi connectivity index (χ0v) is 15.0. The Morgan fingerprint density at radius 1 is 0.808 bits per heavy atom. The van der Waals surface area contributed by atoms with Crippen LogP contribution in [0.3, 0.4) is 0 Å². The average Bonchev–Trinajstić information content (AvgIpc) is 2.72. The first-order valence-corrected chi connectivity index (χ1v) is 9.12. The lowest BCUT2D eigenvalue weighted by atomic mass is 9.87. The molecule has 0 saturated carbocycles. The number of aliphatic hydroxyl groups is 1. The Balaban J connectivity index is 2.08. The van der Waals surface area contributed by atoms with Crippen LogP contribution in [0.4, 0.5) is 0 Å². The van der Waals surface area contributed by atoms with Gasteiger partial charge >= 0.3 is 0 Å². The van der Waals surface area contributed by atoms with Crippen molar-refractivity contribution in [3.05, 3.63) is 83.9 Å². The maximum absolute atomic E-state index is 8.96. The summed E-state index contributed by atoms with van der Waals surface area (Å²) < 4.78 is 0. The van der Waals surface area contributed by atoms with E-state index in [9.17, 15) is 0 Å². The van der Waals surface area contributed by atoms with Gasteiger partial charge in [0.2, 0.25) is 0 Å². The van der Waals surface area contributed by atoms with Gasteiger partial charge in [-0.2, -0.15) is 0 Å². The molecule has 0 aromatic heterocycles. The Morgan fingerprint density at radius 3 is 2.08 bits per heavy atom. The zero-order valence-electron chi connectivity index (χ0n) is 15.0. The molecule has 0 aliphatic carbocycles. The fraction of sp³-hybridized carbons (Fsp3) is 0.217. The molecule has 0 radical (unpaired) electrons. The second kappa shape index (κ2) is 9.30. The minimum absolute atomic E-state index is 0.207. The molecule has 0 heterocycles. The van der Waals surface area contributed by atoms with Gasteiger partial charge in [-0.25, -0.2) is 0 Å². The van der Waals surface area contributed by atoms with Crippen molar-refractivity contribution in [2.45, 2.75) is 19.5 Å². The number of nitrogens with two attached hydrogens (primary N) is 1. The van der Waals surface area contributed by atoms with Gasteiger partial charge in [-0.1, -0.05) is 72.8 Å². The minimum Gasteiger partial charge on any atom is -0.396 e. The van der Waals surface area contributed by atoms with E-state index in [-0.39, 0.29) is 6.61 Å². The van der Waals surface area contributed by atoms with Crippen LogP contribution >= 0.6 is 0 Å². The summed E-state index contributed by atoms with van der Waals surface area (Å²) in [4.78, 5) is 0. The molecule has 3 aromatic rings. The third-order valence-corrected chi connectivity index (χ3v) is 4.59. The average molecular weight is 346 g/mol. The fourth-order valence-electron chi connectivity index (χ4n) is 3.31. The lowest BCUT2D eigenvalue weighted by molar-refractivity contribution is 0.286. The topological polar surface area (TPSA) is 58.3 Å². The number of nitrogens with one attached hydrogen (secondary N) is 1. The van der Waals surface area contributed by atoms with E-state index in [4.69, 9.17) is 10.8 Å². The van der Waals surface area contributed by atoms with Crippen molar-refractivity contribution in [2.75, 3.05) is 13.2 Å². The molecular formula is C23H26N2O. The molecule has 134 valence electrons. The second-order valence-electron chi connectivity index (χ2n) is 6.32. The molecule has 0 aliphatic rings. The third kappa shape index (κ3) is 4.20. The molecule has 0 bridgehead atoms. The standard InChI is InChI=1S/C23H26N2O/c24-16-22-20(17-25-14-7-15-26)12-13-21(18-8-3-1-4-9-18)23(22)19-10-5-2-6-11-19/h1-6,8-13,25-26H,7,14-17,24H2. The highest BCUT2D eigenvalue weighted by molar-refractivity contribution is 5.86. The highest BCUT2D eigenvalue weighted by atomic mass is 16.3. The molecule has 3 rings (SSSR count). The van der Waals surface area contributed by atoms with Gasteiger partial charge in [-0.3, -0.25) is 0 Å². The first kappa shape index (κ1) is 18.3. The summed E-state index contributed by atoms with van der Waals surface area (Å²) >= 11 is 0. The van der Waals surface area contributed by atoms with Crippen LogP contribution in [0.25, 0.3) is 22.3 Å². The molecule has 0 aliphatic heterocycles. The van der Waals surface area contributed by atoms with E-state index >= 15 is 0 Å². The smallest absolute Gasteiger partial charge is 0.0443 e. The summed E-state index contributed by atoms with van der Waals surface area (Å²) in [5, 5.41) is 12.4. The van der Waals surface area contributed by atoms with Crippen LogP contribution in [0.15, 0.2) is 72.8 Å². The Morgan fingerprint density at radius 2 is 1.46 bits per heavy atom. The quantitative estimate of drug-likeness (QED) is 0.541. The van der Waals surface area contributed by atoms with Crippen molar-refractivity contribution in [2.24, 2.45) is 5.73 Å². The molecule has 3 nitrogen and oxygen atoms in total. The molecule has 0 amide bonds. The Hall–Kier alpha value is -2.46. The maximum atomic E-state index is 8.96. The summed E-state index contributed by atoms with van der Waals surface area (Å²) in [7, 11) is 0. The van der Waals surface area contributed by atoms with E-state index in [1.165, 1.54) is 33.4 Å². The maximum Gasteiger partial charge on any atom is 0.0443 e. The number of hydrogen-bond donors (Lipinski definition) is 3. The summed E-state index contributed by atoms with van der Waals surface area (Å²) in [6, 6.07) is 25.3. The first-order chi connectivity index (χ1) is 12.8. The molecular weight excluding hydrogens is 320 g/mol. The molecule has 0 spiro atoms. The van der Waals surface area contributed by atoms with Crippen LogP contribution in [0, 0.1) is 0 Å². The van der Waals surface area contributed by atoms with Crippen molar-refractivity contribution in [3.8, 4) is 22.3 Å². The first-order valence-electron chi connectivity index (χ1n) is 9.12. The van der Waals surface area contributed by atoms with E-state index in [1.54, 1.807) is 0 Å². The van der Waals surface area contributed by atoms with E-state index in [0.29, 0.717) is 6.54 Å². The lowest BCUT2D eigenvalue weighted by Gasteiger charge is -2.19. The third-order valence-electron chi connectivity index (χ3n) is 4.59. The molecule has 0 atom stereocenters. The number of aliphatic hydroxyl groups excluding tert-OH is 1. The van der Waals surface area contributed by atoms with Crippen molar-refractivity contribution in [3.63, 3.8) is 0 Å². The van der Waals surface area contributed by atoms with Gasteiger partial charge in [0.1, 0.15) is 0 Å². The van der Waals surface area contributed by atoms with Crippen molar-refractivity contribution in [1.29, 1.82) is 0 Å². The van der Waals surface area contributed by atoms with Gasteiger partial charge < -0.3 is 16.2 Å². The Bertz CT molecular complexity index is 816. The monoisotopic (exact) mass is 346 g/mol. The van der Waals surface area contributed by atoms with Crippen molar-refractivity contribution < 1.29 is 5.11 Å². The predicted octanol–water partition coefficient (Wildman–Crippen LogP) is 3.95. The van der Waals surface area contributed by atoms with Gasteiger partial charge in [0.15, 0.2) is 0 Å². The van der Waals surface area contributed by atoms with E-state index in [0.717, 1.165) is 19.5 Å². The summed E-state index contributed by atoms with van der Waals surface area (Å²) in [5.74, 6) is 0. The van der Waals surface area contributed by atoms with Crippen molar-refractivity contribution >= 4 is 0 Å². The predicted molar refractivity (Wildman–Crippen MR) is 109 cm³/mol.